The molecule has 2 atom stereocenters. The molecule has 2 aromatic carbocycles. The Morgan fingerprint density at radius 3 is 2.54 bits per heavy atom. The SMILES string of the molecule is COc1ccc2c(c1)[C@@H](N1CCNCC1)[C@H](OCc1cc(Br)cc(Br)c1)CC2. The highest BCUT2D eigenvalue weighted by molar-refractivity contribution is 9.11. The van der Waals surface area contributed by atoms with Gasteiger partial charge in [0.1, 0.15) is 5.75 Å². The van der Waals surface area contributed by atoms with Gasteiger partial charge in [0.05, 0.1) is 25.9 Å². The second-order valence-electron chi connectivity index (χ2n) is 7.46. The van der Waals surface area contributed by atoms with Crippen LogP contribution >= 0.6 is 31.9 Å². The van der Waals surface area contributed by atoms with Gasteiger partial charge in [-0.3, -0.25) is 4.90 Å². The predicted octanol–water partition coefficient (Wildman–Crippen LogP) is 4.70. The zero-order chi connectivity index (χ0) is 19.5. The van der Waals surface area contributed by atoms with Crippen LogP contribution in [0.15, 0.2) is 45.3 Å². The van der Waals surface area contributed by atoms with E-state index in [9.17, 15) is 0 Å². The molecule has 0 aromatic heterocycles. The number of methoxy groups -OCH3 is 1. The number of aryl methyl sites for hydroxylation is 1. The summed E-state index contributed by atoms with van der Waals surface area (Å²) in [7, 11) is 1.74. The van der Waals surface area contributed by atoms with E-state index in [0.29, 0.717) is 6.61 Å². The molecule has 150 valence electrons. The van der Waals surface area contributed by atoms with Gasteiger partial charge < -0.3 is 14.8 Å². The third kappa shape index (κ3) is 4.62. The number of hydrogen-bond acceptors (Lipinski definition) is 4. The van der Waals surface area contributed by atoms with Gasteiger partial charge in [0, 0.05) is 35.1 Å². The first-order valence-corrected chi connectivity index (χ1v) is 11.4. The number of ether oxygens (including phenoxy) is 2. The normalized spacial score (nSPS) is 22.7. The average Bonchev–Trinajstić information content (AvgIpc) is 2.71. The quantitative estimate of drug-likeness (QED) is 0.633. The molecule has 0 amide bonds. The second kappa shape index (κ2) is 9.26. The maximum absolute atomic E-state index is 6.53. The summed E-state index contributed by atoms with van der Waals surface area (Å²) in [5.41, 5.74) is 3.97. The van der Waals surface area contributed by atoms with Crippen LogP contribution in [-0.2, 0) is 17.8 Å². The third-order valence-electron chi connectivity index (χ3n) is 5.65. The Labute approximate surface area is 183 Å². The van der Waals surface area contributed by atoms with E-state index in [4.69, 9.17) is 9.47 Å². The highest BCUT2D eigenvalue weighted by Gasteiger charge is 2.35. The van der Waals surface area contributed by atoms with Crippen LogP contribution in [0.5, 0.6) is 5.75 Å². The van der Waals surface area contributed by atoms with Crippen LogP contribution in [0.4, 0.5) is 0 Å². The molecule has 0 spiro atoms. The molecule has 1 aliphatic heterocycles. The van der Waals surface area contributed by atoms with E-state index in [-0.39, 0.29) is 12.1 Å². The number of benzene rings is 2. The lowest BCUT2D eigenvalue weighted by atomic mass is 9.84. The van der Waals surface area contributed by atoms with E-state index in [2.05, 4.69) is 78.5 Å². The van der Waals surface area contributed by atoms with Crippen molar-refractivity contribution < 1.29 is 9.47 Å². The van der Waals surface area contributed by atoms with Gasteiger partial charge in [-0.25, -0.2) is 0 Å². The molecule has 28 heavy (non-hydrogen) atoms. The Morgan fingerprint density at radius 2 is 1.82 bits per heavy atom. The average molecular weight is 510 g/mol. The van der Waals surface area contributed by atoms with Crippen LogP contribution in [0, 0.1) is 0 Å². The summed E-state index contributed by atoms with van der Waals surface area (Å²) in [6.07, 6.45) is 2.27. The zero-order valence-electron chi connectivity index (χ0n) is 16.1. The molecule has 4 nitrogen and oxygen atoms in total. The molecule has 0 radical (unpaired) electrons. The Hall–Kier alpha value is -0.920. The van der Waals surface area contributed by atoms with Gasteiger partial charge in [0.25, 0.3) is 0 Å². The summed E-state index contributed by atoms with van der Waals surface area (Å²) in [6.45, 7) is 4.76. The van der Waals surface area contributed by atoms with E-state index < -0.39 is 0 Å². The monoisotopic (exact) mass is 508 g/mol. The molecule has 1 fully saturated rings. The molecular weight excluding hydrogens is 484 g/mol. The number of piperazine rings is 1. The van der Waals surface area contributed by atoms with Crippen molar-refractivity contribution in [3.05, 3.63) is 62.0 Å². The van der Waals surface area contributed by atoms with Crippen LogP contribution in [0.25, 0.3) is 0 Å². The molecule has 4 rings (SSSR count). The molecule has 0 saturated carbocycles. The van der Waals surface area contributed by atoms with Crippen LogP contribution in [0.1, 0.15) is 29.2 Å². The first-order chi connectivity index (χ1) is 13.6. The van der Waals surface area contributed by atoms with Gasteiger partial charge in [-0.1, -0.05) is 37.9 Å². The van der Waals surface area contributed by atoms with Gasteiger partial charge >= 0.3 is 0 Å². The topological polar surface area (TPSA) is 33.7 Å². The molecule has 1 saturated heterocycles. The van der Waals surface area contributed by atoms with Gasteiger partial charge in [-0.05, 0) is 59.9 Å². The van der Waals surface area contributed by atoms with Crippen LogP contribution < -0.4 is 10.1 Å². The van der Waals surface area contributed by atoms with Crippen molar-refractivity contribution in [1.29, 1.82) is 0 Å². The number of rotatable bonds is 5. The van der Waals surface area contributed by atoms with Gasteiger partial charge in [-0.2, -0.15) is 0 Å². The highest BCUT2D eigenvalue weighted by Crippen LogP contribution is 2.38. The molecular formula is C22H26Br2N2O2. The minimum atomic E-state index is 0.176. The van der Waals surface area contributed by atoms with Crippen LogP contribution in [-0.4, -0.2) is 44.3 Å². The van der Waals surface area contributed by atoms with E-state index in [1.807, 2.05) is 0 Å². The highest BCUT2D eigenvalue weighted by atomic mass is 79.9. The Balaban J connectivity index is 1.59. The fourth-order valence-electron chi connectivity index (χ4n) is 4.32. The lowest BCUT2D eigenvalue weighted by molar-refractivity contribution is -0.0379. The fourth-order valence-corrected chi connectivity index (χ4v) is 5.71. The summed E-state index contributed by atoms with van der Waals surface area (Å²) >= 11 is 7.15. The van der Waals surface area contributed by atoms with E-state index in [0.717, 1.165) is 53.7 Å². The molecule has 1 aliphatic carbocycles. The van der Waals surface area contributed by atoms with E-state index in [1.165, 1.54) is 16.7 Å². The van der Waals surface area contributed by atoms with Gasteiger partial charge in [0.15, 0.2) is 0 Å². The Bertz CT molecular complexity index is 804. The molecule has 1 N–H and O–H groups in total. The van der Waals surface area contributed by atoms with Gasteiger partial charge in [-0.15, -0.1) is 0 Å². The van der Waals surface area contributed by atoms with Gasteiger partial charge in [0.2, 0.25) is 0 Å². The number of fused-ring (bicyclic) bond motifs is 1. The predicted molar refractivity (Wildman–Crippen MR) is 119 cm³/mol. The number of nitrogens with one attached hydrogen (secondary N) is 1. The molecule has 6 heteroatoms. The van der Waals surface area contributed by atoms with Crippen LogP contribution in [0.2, 0.25) is 0 Å². The van der Waals surface area contributed by atoms with Crippen molar-refractivity contribution in [3.63, 3.8) is 0 Å². The summed E-state index contributed by atoms with van der Waals surface area (Å²) < 4.78 is 14.2. The Kier molecular flexibility index (Phi) is 6.74. The summed E-state index contributed by atoms with van der Waals surface area (Å²) in [6, 6.07) is 13.1. The van der Waals surface area contributed by atoms with Crippen molar-refractivity contribution in [2.45, 2.75) is 31.6 Å². The molecule has 2 aromatic rings. The number of halogens is 2. The summed E-state index contributed by atoms with van der Waals surface area (Å²) in [5.74, 6) is 0.926. The van der Waals surface area contributed by atoms with Crippen molar-refractivity contribution >= 4 is 31.9 Å². The van der Waals surface area contributed by atoms with Crippen molar-refractivity contribution in [2.24, 2.45) is 0 Å². The lowest BCUT2D eigenvalue weighted by Gasteiger charge is -2.43. The molecule has 1 heterocycles. The van der Waals surface area contributed by atoms with Crippen molar-refractivity contribution in [1.82, 2.24) is 10.2 Å². The van der Waals surface area contributed by atoms with Crippen LogP contribution in [0.3, 0.4) is 0 Å². The van der Waals surface area contributed by atoms with Crippen molar-refractivity contribution in [2.75, 3.05) is 33.3 Å². The molecule has 0 unspecified atom stereocenters. The first-order valence-electron chi connectivity index (χ1n) is 9.82. The lowest BCUT2D eigenvalue weighted by Crippen LogP contribution is -2.49. The fraction of sp³-hybridized carbons (Fsp3) is 0.455. The number of hydrogen-bond donors (Lipinski definition) is 1. The maximum atomic E-state index is 6.53. The zero-order valence-corrected chi connectivity index (χ0v) is 19.3. The standard InChI is InChI=1S/C22H26Br2N2O2/c1-27-19-4-2-16-3-5-21(28-14-15-10-17(23)12-18(24)11-15)22(20(16)13-19)26-8-6-25-7-9-26/h2,4,10-13,21-22,25H,3,5-9,14H2,1H3/t21-,22-/m1/s1. The first kappa shape index (κ1) is 20.4. The van der Waals surface area contributed by atoms with Crippen molar-refractivity contribution in [3.8, 4) is 5.75 Å². The third-order valence-corrected chi connectivity index (χ3v) is 6.57. The summed E-state index contributed by atoms with van der Waals surface area (Å²) in [5, 5.41) is 3.47. The minimum absolute atomic E-state index is 0.176. The van der Waals surface area contributed by atoms with E-state index in [1.54, 1.807) is 7.11 Å². The second-order valence-corrected chi connectivity index (χ2v) is 9.29. The number of nitrogens with zero attached hydrogens (tertiary/aromatic N) is 1. The smallest absolute Gasteiger partial charge is 0.119 e. The maximum Gasteiger partial charge on any atom is 0.119 e. The Morgan fingerprint density at radius 1 is 1.07 bits per heavy atom. The van der Waals surface area contributed by atoms with E-state index >= 15 is 0 Å². The molecule has 2 aliphatic rings. The largest absolute Gasteiger partial charge is 0.497 e. The molecule has 0 bridgehead atoms. The minimum Gasteiger partial charge on any atom is -0.497 e. The summed E-state index contributed by atoms with van der Waals surface area (Å²) in [4.78, 5) is 2.58.